The highest BCUT2D eigenvalue weighted by atomic mass is 35.5. The molecule has 2 aromatic heterocycles. The Kier molecular flexibility index (Phi) is 4.64. The van der Waals surface area contributed by atoms with E-state index >= 15 is 0 Å². The van der Waals surface area contributed by atoms with E-state index in [2.05, 4.69) is 9.97 Å². The Labute approximate surface area is 163 Å². The monoisotopic (exact) mass is 396 g/mol. The normalized spacial score (nSPS) is 11.9. The van der Waals surface area contributed by atoms with Crippen LogP contribution in [0, 0.1) is 12.7 Å². The van der Waals surface area contributed by atoms with Crippen LogP contribution in [0.4, 0.5) is 4.39 Å². The van der Waals surface area contributed by atoms with Crippen LogP contribution in [0.25, 0.3) is 32.5 Å². The van der Waals surface area contributed by atoms with Gasteiger partial charge in [-0.05, 0) is 36.3 Å². The van der Waals surface area contributed by atoms with E-state index in [9.17, 15) is 9.18 Å². The Morgan fingerprint density at radius 1 is 1.19 bits per heavy atom. The number of fused-ring (bicyclic) bond motifs is 1. The van der Waals surface area contributed by atoms with E-state index in [1.54, 1.807) is 18.2 Å². The Hall–Kier alpha value is -2.76. The molecule has 0 aliphatic carbocycles. The summed E-state index contributed by atoms with van der Waals surface area (Å²) in [4.78, 5) is 21.7. The molecule has 6 heteroatoms. The number of nitrogens with one attached hydrogen (secondary N) is 1. The van der Waals surface area contributed by atoms with Crippen LogP contribution in [0.5, 0.6) is 0 Å². The van der Waals surface area contributed by atoms with Crippen molar-refractivity contribution in [2.45, 2.75) is 6.92 Å². The number of H-pyrrole nitrogens is 1. The van der Waals surface area contributed by atoms with Crippen molar-refractivity contribution in [1.82, 2.24) is 9.97 Å². The van der Waals surface area contributed by atoms with Crippen molar-refractivity contribution in [3.8, 4) is 11.1 Å². The zero-order chi connectivity index (χ0) is 19.0. The zero-order valence-corrected chi connectivity index (χ0v) is 15.9. The smallest absolute Gasteiger partial charge is 0.260 e. The molecule has 0 spiro atoms. The van der Waals surface area contributed by atoms with Crippen LogP contribution in [0.2, 0.25) is 0 Å². The predicted molar refractivity (Wildman–Crippen MR) is 111 cm³/mol. The van der Waals surface area contributed by atoms with Crippen molar-refractivity contribution in [1.29, 1.82) is 0 Å². The van der Waals surface area contributed by atoms with Gasteiger partial charge in [0.1, 0.15) is 10.6 Å². The first-order valence-electron chi connectivity index (χ1n) is 8.25. The van der Waals surface area contributed by atoms with Gasteiger partial charge < -0.3 is 4.98 Å². The highest BCUT2D eigenvalue weighted by Crippen LogP contribution is 2.35. The second-order valence-corrected chi connectivity index (χ2v) is 7.65. The van der Waals surface area contributed by atoms with Crippen LogP contribution >= 0.6 is 22.9 Å². The molecular formula is C21H14ClFN2OS. The third kappa shape index (κ3) is 3.44. The van der Waals surface area contributed by atoms with Gasteiger partial charge in [-0.2, -0.15) is 0 Å². The fourth-order valence-corrected chi connectivity index (χ4v) is 4.26. The molecule has 0 atom stereocenters. The standard InChI is InChI=1S/C21H14ClFN2OS/c1-12-17(14-7-3-2-4-8-14)18-20(26)24-19(25-21(18)27-12)16(22)11-13-6-5-9-15(23)10-13/h2-11H,1H3,(H,24,25,26)/b16-11-. The quantitative estimate of drug-likeness (QED) is 0.473. The van der Waals surface area contributed by atoms with Gasteiger partial charge in [-0.1, -0.05) is 54.1 Å². The largest absolute Gasteiger partial charge is 0.305 e. The summed E-state index contributed by atoms with van der Waals surface area (Å²) in [6, 6.07) is 15.8. The number of thiophene rings is 1. The summed E-state index contributed by atoms with van der Waals surface area (Å²) in [5.74, 6) is -0.0919. The number of hydrogen-bond acceptors (Lipinski definition) is 3. The Bertz CT molecular complexity index is 1230. The van der Waals surface area contributed by atoms with E-state index in [0.29, 0.717) is 15.8 Å². The average molecular weight is 397 g/mol. The third-order valence-corrected chi connectivity index (χ3v) is 5.46. The molecular weight excluding hydrogens is 383 g/mol. The molecule has 2 aromatic carbocycles. The number of nitrogens with zero attached hydrogens (tertiary/aromatic N) is 1. The molecule has 4 aromatic rings. The van der Waals surface area contributed by atoms with Gasteiger partial charge in [0.25, 0.3) is 5.56 Å². The van der Waals surface area contributed by atoms with Crippen molar-refractivity contribution >= 4 is 44.3 Å². The van der Waals surface area contributed by atoms with Crippen LogP contribution in [-0.2, 0) is 0 Å². The summed E-state index contributed by atoms with van der Waals surface area (Å²) in [6.45, 7) is 1.97. The molecule has 134 valence electrons. The molecule has 0 amide bonds. The van der Waals surface area contributed by atoms with Crippen molar-refractivity contribution in [3.63, 3.8) is 0 Å². The lowest BCUT2D eigenvalue weighted by Gasteiger charge is -2.03. The topological polar surface area (TPSA) is 45.8 Å². The SMILES string of the molecule is Cc1sc2nc(/C(Cl)=C/c3cccc(F)c3)[nH]c(=O)c2c1-c1ccccc1. The Balaban J connectivity index is 1.85. The molecule has 0 aliphatic rings. The minimum Gasteiger partial charge on any atom is -0.305 e. The molecule has 0 saturated carbocycles. The van der Waals surface area contributed by atoms with E-state index in [1.165, 1.54) is 23.5 Å². The van der Waals surface area contributed by atoms with Crippen molar-refractivity contribution in [2.75, 3.05) is 0 Å². The minimum atomic E-state index is -0.355. The number of aryl methyl sites for hydroxylation is 1. The number of aromatic amines is 1. The number of rotatable bonds is 3. The number of benzene rings is 2. The van der Waals surface area contributed by atoms with E-state index in [4.69, 9.17) is 11.6 Å². The maximum Gasteiger partial charge on any atom is 0.260 e. The van der Waals surface area contributed by atoms with Crippen LogP contribution in [0.3, 0.4) is 0 Å². The summed E-state index contributed by atoms with van der Waals surface area (Å²) in [7, 11) is 0. The van der Waals surface area contributed by atoms with E-state index in [1.807, 2.05) is 37.3 Å². The van der Waals surface area contributed by atoms with Gasteiger partial charge in [0, 0.05) is 10.4 Å². The maximum absolute atomic E-state index is 13.4. The number of halogens is 2. The summed E-state index contributed by atoms with van der Waals surface area (Å²) < 4.78 is 13.4. The number of hydrogen-bond donors (Lipinski definition) is 1. The molecule has 1 N–H and O–H groups in total. The van der Waals surface area contributed by atoms with E-state index in [0.717, 1.165) is 16.0 Å². The van der Waals surface area contributed by atoms with Crippen molar-refractivity contribution < 1.29 is 4.39 Å². The van der Waals surface area contributed by atoms with Crippen LogP contribution < -0.4 is 5.56 Å². The highest BCUT2D eigenvalue weighted by molar-refractivity contribution is 7.19. The zero-order valence-electron chi connectivity index (χ0n) is 14.3. The lowest BCUT2D eigenvalue weighted by Crippen LogP contribution is -2.10. The van der Waals surface area contributed by atoms with Gasteiger partial charge in [-0.25, -0.2) is 9.37 Å². The second-order valence-electron chi connectivity index (χ2n) is 6.04. The van der Waals surface area contributed by atoms with Crippen molar-refractivity contribution in [2.24, 2.45) is 0 Å². The number of aromatic nitrogens is 2. The first kappa shape index (κ1) is 17.6. The molecule has 3 nitrogen and oxygen atoms in total. The maximum atomic E-state index is 13.4. The fourth-order valence-electron chi connectivity index (χ4n) is 3.00. The second kappa shape index (κ2) is 7.10. The molecule has 0 saturated heterocycles. The highest BCUT2D eigenvalue weighted by Gasteiger charge is 2.17. The minimum absolute atomic E-state index is 0.243. The average Bonchev–Trinajstić information content (AvgIpc) is 2.99. The van der Waals surface area contributed by atoms with Gasteiger partial charge in [-0.15, -0.1) is 11.3 Å². The summed E-state index contributed by atoms with van der Waals surface area (Å²) in [6.07, 6.45) is 1.58. The molecule has 4 rings (SSSR count). The predicted octanol–water partition coefficient (Wildman–Crippen LogP) is 5.84. The van der Waals surface area contributed by atoms with Crippen molar-refractivity contribution in [3.05, 3.63) is 87.0 Å². The molecule has 2 heterocycles. The van der Waals surface area contributed by atoms with E-state index in [-0.39, 0.29) is 22.2 Å². The lowest BCUT2D eigenvalue weighted by molar-refractivity contribution is 0.627. The van der Waals surface area contributed by atoms with Gasteiger partial charge in [0.05, 0.1) is 10.4 Å². The molecule has 0 unspecified atom stereocenters. The van der Waals surface area contributed by atoms with Crippen LogP contribution in [-0.4, -0.2) is 9.97 Å². The first-order chi connectivity index (χ1) is 13.0. The van der Waals surface area contributed by atoms with Crippen LogP contribution in [0.1, 0.15) is 16.3 Å². The van der Waals surface area contributed by atoms with Crippen LogP contribution in [0.15, 0.2) is 59.4 Å². The van der Waals surface area contributed by atoms with Gasteiger partial charge >= 0.3 is 0 Å². The van der Waals surface area contributed by atoms with E-state index < -0.39 is 0 Å². The third-order valence-electron chi connectivity index (χ3n) is 4.17. The van der Waals surface area contributed by atoms with Gasteiger partial charge in [0.2, 0.25) is 0 Å². The summed E-state index contributed by atoms with van der Waals surface area (Å²) in [5, 5.41) is 0.801. The fraction of sp³-hybridized carbons (Fsp3) is 0.0476. The van der Waals surface area contributed by atoms with Gasteiger partial charge in [-0.3, -0.25) is 4.79 Å². The first-order valence-corrected chi connectivity index (χ1v) is 9.44. The summed E-state index contributed by atoms with van der Waals surface area (Å²) in [5.41, 5.74) is 2.21. The molecule has 0 aliphatic heterocycles. The molecule has 0 radical (unpaired) electrons. The molecule has 0 fully saturated rings. The summed E-state index contributed by atoms with van der Waals surface area (Å²) >= 11 is 7.79. The van der Waals surface area contributed by atoms with Gasteiger partial charge in [0.15, 0.2) is 5.82 Å². The Morgan fingerprint density at radius 2 is 1.96 bits per heavy atom. The lowest BCUT2D eigenvalue weighted by atomic mass is 10.0. The molecule has 0 bridgehead atoms. The molecule has 27 heavy (non-hydrogen) atoms. The Morgan fingerprint density at radius 3 is 2.70 bits per heavy atom.